The molecule has 0 aromatic carbocycles. The van der Waals surface area contributed by atoms with Crippen molar-refractivity contribution in [2.24, 2.45) is 5.73 Å². The van der Waals surface area contributed by atoms with Gasteiger partial charge in [0.2, 0.25) is 5.91 Å². The van der Waals surface area contributed by atoms with Gasteiger partial charge in [-0.25, -0.2) is 0 Å². The van der Waals surface area contributed by atoms with Gasteiger partial charge in [-0.2, -0.15) is 0 Å². The molecule has 1 unspecified atom stereocenters. The predicted molar refractivity (Wildman–Crippen MR) is 39.9 cm³/mol. The van der Waals surface area contributed by atoms with Crippen LogP contribution in [0.15, 0.2) is 0 Å². The molecule has 0 aliphatic heterocycles. The van der Waals surface area contributed by atoms with Crippen LogP contribution < -0.4 is 11.1 Å². The van der Waals surface area contributed by atoms with Crippen molar-refractivity contribution in [3.63, 3.8) is 0 Å². The Bertz CT molecular complexity index is 118. The van der Waals surface area contributed by atoms with Crippen molar-refractivity contribution in [2.45, 2.75) is 6.10 Å². The van der Waals surface area contributed by atoms with Crippen LogP contribution in [0.4, 0.5) is 0 Å². The van der Waals surface area contributed by atoms with Crippen molar-refractivity contribution in [3.8, 4) is 0 Å². The maximum Gasteiger partial charge on any atom is 0.231 e. The first kappa shape index (κ1) is 10.3. The number of aliphatic hydroxyl groups is 1. The quantitative estimate of drug-likeness (QED) is 0.424. The van der Waals surface area contributed by atoms with Crippen LogP contribution >= 0.6 is 0 Å². The van der Waals surface area contributed by atoms with E-state index < -0.39 is 12.0 Å². The van der Waals surface area contributed by atoms with Gasteiger partial charge in [0, 0.05) is 13.7 Å². The highest BCUT2D eigenvalue weighted by molar-refractivity contribution is 5.75. The van der Waals surface area contributed by atoms with Gasteiger partial charge in [0.05, 0.1) is 19.3 Å². The van der Waals surface area contributed by atoms with E-state index in [1.807, 2.05) is 0 Å². The summed E-state index contributed by atoms with van der Waals surface area (Å²) in [6.07, 6.45) is -0.584. The first-order chi connectivity index (χ1) is 5.16. The molecule has 0 aromatic heterocycles. The van der Waals surface area contributed by atoms with Crippen molar-refractivity contribution in [1.82, 2.24) is 5.32 Å². The number of hydrogen-bond donors (Lipinski definition) is 3. The van der Waals surface area contributed by atoms with Crippen molar-refractivity contribution in [1.29, 1.82) is 0 Å². The van der Waals surface area contributed by atoms with E-state index in [0.717, 1.165) is 0 Å². The number of nitrogens with one attached hydrogen (secondary N) is 1. The van der Waals surface area contributed by atoms with E-state index in [4.69, 9.17) is 10.8 Å². The third-order valence-corrected chi connectivity index (χ3v) is 1.04. The summed E-state index contributed by atoms with van der Waals surface area (Å²) in [5, 5.41) is 11.7. The lowest BCUT2D eigenvalue weighted by Gasteiger charge is -2.08. The summed E-state index contributed by atoms with van der Waals surface area (Å²) < 4.78 is 4.65. The van der Waals surface area contributed by atoms with Crippen LogP contribution in [0.2, 0.25) is 0 Å². The van der Waals surface area contributed by atoms with Crippen molar-refractivity contribution in [2.75, 3.05) is 26.8 Å². The van der Waals surface area contributed by atoms with E-state index in [1.54, 1.807) is 0 Å². The SMILES string of the molecule is COCC(O)CNCC(N)=O. The van der Waals surface area contributed by atoms with Crippen LogP contribution in [0.3, 0.4) is 0 Å². The molecule has 66 valence electrons. The van der Waals surface area contributed by atoms with E-state index in [-0.39, 0.29) is 13.2 Å². The van der Waals surface area contributed by atoms with Gasteiger partial charge in [-0.1, -0.05) is 0 Å². The Morgan fingerprint density at radius 2 is 2.45 bits per heavy atom. The molecule has 0 rings (SSSR count). The average molecular weight is 162 g/mol. The summed E-state index contributed by atoms with van der Waals surface area (Å²) in [4.78, 5) is 10.2. The maximum atomic E-state index is 10.2. The fourth-order valence-electron chi connectivity index (χ4n) is 0.613. The number of amides is 1. The molecular weight excluding hydrogens is 148 g/mol. The zero-order valence-electron chi connectivity index (χ0n) is 6.54. The number of aliphatic hydroxyl groups excluding tert-OH is 1. The van der Waals surface area contributed by atoms with Crippen LogP contribution in [0, 0.1) is 0 Å². The summed E-state index contributed by atoms with van der Waals surface area (Å²) in [6.45, 7) is 0.656. The Balaban J connectivity index is 3.16. The van der Waals surface area contributed by atoms with Crippen molar-refractivity contribution >= 4 is 5.91 Å². The average Bonchev–Trinajstić information content (AvgIpc) is 1.87. The molecule has 0 spiro atoms. The predicted octanol–water partition coefficient (Wildman–Crippen LogP) is -1.93. The molecule has 0 aliphatic rings. The highest BCUT2D eigenvalue weighted by Gasteiger charge is 2.02. The summed E-state index contributed by atoms with van der Waals surface area (Å²) in [6, 6.07) is 0. The smallest absolute Gasteiger partial charge is 0.231 e. The fraction of sp³-hybridized carbons (Fsp3) is 0.833. The summed E-state index contributed by atoms with van der Waals surface area (Å²) in [5.41, 5.74) is 4.84. The minimum Gasteiger partial charge on any atom is -0.389 e. The van der Waals surface area contributed by atoms with Gasteiger partial charge >= 0.3 is 0 Å². The van der Waals surface area contributed by atoms with E-state index in [9.17, 15) is 4.79 Å². The van der Waals surface area contributed by atoms with E-state index in [2.05, 4.69) is 10.1 Å². The minimum atomic E-state index is -0.584. The normalized spacial score (nSPS) is 12.9. The number of hydrogen-bond acceptors (Lipinski definition) is 4. The lowest BCUT2D eigenvalue weighted by Crippen LogP contribution is -2.35. The van der Waals surface area contributed by atoms with Crippen LogP contribution in [-0.2, 0) is 9.53 Å². The van der Waals surface area contributed by atoms with Crippen molar-refractivity contribution in [3.05, 3.63) is 0 Å². The number of methoxy groups -OCH3 is 1. The molecule has 0 fully saturated rings. The maximum absolute atomic E-state index is 10.2. The summed E-state index contributed by atoms with van der Waals surface area (Å²) in [5.74, 6) is -0.436. The first-order valence-electron chi connectivity index (χ1n) is 3.33. The number of ether oxygens (including phenoxy) is 1. The van der Waals surface area contributed by atoms with E-state index in [1.165, 1.54) is 7.11 Å². The number of nitrogens with two attached hydrogens (primary N) is 1. The van der Waals surface area contributed by atoms with Crippen LogP contribution in [0.5, 0.6) is 0 Å². The highest BCUT2D eigenvalue weighted by Crippen LogP contribution is 1.79. The highest BCUT2D eigenvalue weighted by atomic mass is 16.5. The summed E-state index contributed by atoms with van der Waals surface area (Å²) >= 11 is 0. The number of primary amides is 1. The first-order valence-corrected chi connectivity index (χ1v) is 3.33. The third kappa shape index (κ3) is 7.24. The molecule has 1 amide bonds. The molecule has 0 saturated heterocycles. The lowest BCUT2D eigenvalue weighted by molar-refractivity contribution is -0.117. The molecule has 5 heteroatoms. The molecule has 1 atom stereocenters. The largest absolute Gasteiger partial charge is 0.389 e. The second-order valence-corrected chi connectivity index (χ2v) is 2.21. The minimum absolute atomic E-state index is 0.0841. The zero-order valence-corrected chi connectivity index (χ0v) is 6.54. The van der Waals surface area contributed by atoms with Gasteiger partial charge < -0.3 is 20.9 Å². The van der Waals surface area contributed by atoms with Gasteiger partial charge in [0.1, 0.15) is 0 Å². The number of rotatable bonds is 6. The Kier molecular flexibility index (Phi) is 5.73. The molecule has 5 nitrogen and oxygen atoms in total. The molecule has 11 heavy (non-hydrogen) atoms. The van der Waals surface area contributed by atoms with Crippen LogP contribution in [-0.4, -0.2) is 43.9 Å². The fourth-order valence-corrected chi connectivity index (χ4v) is 0.613. The molecule has 0 aromatic rings. The van der Waals surface area contributed by atoms with Gasteiger partial charge in [-0.15, -0.1) is 0 Å². The Morgan fingerprint density at radius 3 is 2.91 bits per heavy atom. The van der Waals surface area contributed by atoms with Crippen LogP contribution in [0.1, 0.15) is 0 Å². The second-order valence-electron chi connectivity index (χ2n) is 2.21. The molecule has 0 heterocycles. The second kappa shape index (κ2) is 6.09. The molecular formula is C6H14N2O3. The van der Waals surface area contributed by atoms with E-state index in [0.29, 0.717) is 6.54 Å². The van der Waals surface area contributed by atoms with Crippen molar-refractivity contribution < 1.29 is 14.6 Å². The number of carbonyl (C=O) groups excluding carboxylic acids is 1. The molecule has 0 radical (unpaired) electrons. The van der Waals surface area contributed by atoms with Crippen LogP contribution in [0.25, 0.3) is 0 Å². The topological polar surface area (TPSA) is 84.6 Å². The monoisotopic (exact) mass is 162 g/mol. The zero-order chi connectivity index (χ0) is 8.69. The van der Waals surface area contributed by atoms with Gasteiger partial charge in [0.15, 0.2) is 0 Å². The number of carbonyl (C=O) groups is 1. The Morgan fingerprint density at radius 1 is 1.82 bits per heavy atom. The molecule has 4 N–H and O–H groups in total. The van der Waals surface area contributed by atoms with E-state index >= 15 is 0 Å². The standard InChI is InChI=1S/C6H14N2O3/c1-11-4-5(9)2-8-3-6(7)10/h5,8-9H,2-4H2,1H3,(H2,7,10). The third-order valence-electron chi connectivity index (χ3n) is 1.04. The Hall–Kier alpha value is -0.650. The molecule has 0 saturated carbocycles. The van der Waals surface area contributed by atoms with Gasteiger partial charge in [0.25, 0.3) is 0 Å². The molecule has 0 aliphatic carbocycles. The summed E-state index contributed by atoms with van der Waals surface area (Å²) in [7, 11) is 1.50. The molecule has 0 bridgehead atoms. The van der Waals surface area contributed by atoms with Gasteiger partial charge in [-0.05, 0) is 0 Å². The van der Waals surface area contributed by atoms with Gasteiger partial charge in [-0.3, -0.25) is 4.79 Å². The lowest BCUT2D eigenvalue weighted by atomic mass is 10.4. The Labute approximate surface area is 65.5 Å².